The predicted molar refractivity (Wildman–Crippen MR) is 63.3 cm³/mol. The Morgan fingerprint density at radius 2 is 2.06 bits per heavy atom. The van der Waals surface area contributed by atoms with Gasteiger partial charge in [-0.25, -0.2) is 0 Å². The second-order valence-electron chi connectivity index (χ2n) is 3.62. The minimum Gasteiger partial charge on any atom is -0.493 e. The molecule has 0 aliphatic rings. The fourth-order valence-corrected chi connectivity index (χ4v) is 1.17. The highest BCUT2D eigenvalue weighted by molar-refractivity contribution is 5.76. The number of aldehydes is 1. The molecule has 0 saturated heterocycles. The van der Waals surface area contributed by atoms with Crippen LogP contribution >= 0.6 is 0 Å². The third-order valence-corrected chi connectivity index (χ3v) is 2.05. The molecule has 0 heterocycles. The van der Waals surface area contributed by atoms with Gasteiger partial charge in [0.2, 0.25) is 0 Å². The molecule has 0 atom stereocenters. The molecule has 0 amide bonds. The quantitative estimate of drug-likeness (QED) is 0.565. The van der Waals surface area contributed by atoms with Crippen LogP contribution in [-0.4, -0.2) is 20.0 Å². The van der Waals surface area contributed by atoms with Crippen molar-refractivity contribution in [3.8, 4) is 11.5 Å². The van der Waals surface area contributed by atoms with Crippen molar-refractivity contribution in [2.24, 2.45) is 0 Å². The predicted octanol–water partition coefficient (Wildman–Crippen LogP) is 2.85. The van der Waals surface area contributed by atoms with Gasteiger partial charge in [0.15, 0.2) is 11.5 Å². The normalized spacial score (nSPS) is 9.44. The van der Waals surface area contributed by atoms with Gasteiger partial charge in [0, 0.05) is 5.56 Å². The molecule has 0 aromatic heterocycles. The van der Waals surface area contributed by atoms with Crippen molar-refractivity contribution < 1.29 is 14.3 Å². The van der Waals surface area contributed by atoms with Gasteiger partial charge in [-0.05, 0) is 38.1 Å². The van der Waals surface area contributed by atoms with E-state index in [2.05, 4.69) is 0 Å². The van der Waals surface area contributed by atoms with Gasteiger partial charge in [0.25, 0.3) is 0 Å². The highest BCUT2D eigenvalue weighted by Crippen LogP contribution is 2.27. The fourth-order valence-electron chi connectivity index (χ4n) is 1.17. The summed E-state index contributed by atoms with van der Waals surface area (Å²) >= 11 is 0. The van der Waals surface area contributed by atoms with Crippen LogP contribution in [0.25, 0.3) is 0 Å². The molecule has 0 bridgehead atoms. The minimum atomic E-state index is 0.499. The molecule has 1 rings (SSSR count). The van der Waals surface area contributed by atoms with Crippen molar-refractivity contribution in [2.45, 2.75) is 13.8 Å². The van der Waals surface area contributed by atoms with E-state index in [9.17, 15) is 4.79 Å². The van der Waals surface area contributed by atoms with E-state index in [1.807, 2.05) is 19.9 Å². The summed E-state index contributed by atoms with van der Waals surface area (Å²) in [6, 6.07) is 5.10. The number of ether oxygens (including phenoxy) is 2. The summed E-state index contributed by atoms with van der Waals surface area (Å²) in [6.45, 7) is 4.52. The summed E-state index contributed by atoms with van der Waals surface area (Å²) in [5.74, 6) is 1.22. The maximum absolute atomic E-state index is 10.6. The number of methoxy groups -OCH3 is 1. The summed E-state index contributed by atoms with van der Waals surface area (Å²) in [7, 11) is 1.55. The van der Waals surface area contributed by atoms with Gasteiger partial charge in [-0.15, -0.1) is 0 Å². The summed E-state index contributed by atoms with van der Waals surface area (Å²) in [6.07, 6.45) is 2.76. The largest absolute Gasteiger partial charge is 0.493 e. The molecule has 0 saturated carbocycles. The lowest BCUT2D eigenvalue weighted by molar-refractivity contribution is 0.112. The van der Waals surface area contributed by atoms with Crippen molar-refractivity contribution in [1.29, 1.82) is 0 Å². The van der Waals surface area contributed by atoms with Crippen LogP contribution in [0, 0.1) is 0 Å². The van der Waals surface area contributed by atoms with Crippen molar-refractivity contribution in [2.75, 3.05) is 13.7 Å². The van der Waals surface area contributed by atoms with Crippen LogP contribution in [0.2, 0.25) is 0 Å². The lowest BCUT2D eigenvalue weighted by Crippen LogP contribution is -1.97. The van der Waals surface area contributed by atoms with E-state index in [-0.39, 0.29) is 0 Å². The molecule has 0 fully saturated rings. The fraction of sp³-hybridized carbons (Fsp3) is 0.308. The first-order valence-electron chi connectivity index (χ1n) is 5.06. The second kappa shape index (κ2) is 5.95. The van der Waals surface area contributed by atoms with Crippen LogP contribution < -0.4 is 9.47 Å². The molecule has 1 aromatic carbocycles. The first kappa shape index (κ1) is 12.3. The maximum atomic E-state index is 10.6. The Kier molecular flexibility index (Phi) is 4.58. The number of carbonyl (C=O) groups excluding carboxylic acids is 1. The molecular weight excluding hydrogens is 204 g/mol. The third-order valence-electron chi connectivity index (χ3n) is 2.05. The third kappa shape index (κ3) is 3.42. The zero-order valence-corrected chi connectivity index (χ0v) is 9.82. The molecule has 1 aromatic rings. The topological polar surface area (TPSA) is 35.5 Å². The van der Waals surface area contributed by atoms with Gasteiger partial charge in [-0.1, -0.05) is 5.57 Å². The molecule has 0 aliphatic heterocycles. The van der Waals surface area contributed by atoms with Gasteiger partial charge < -0.3 is 9.47 Å². The van der Waals surface area contributed by atoms with Crippen LogP contribution in [0.1, 0.15) is 24.2 Å². The van der Waals surface area contributed by atoms with E-state index in [0.29, 0.717) is 23.7 Å². The van der Waals surface area contributed by atoms with E-state index in [4.69, 9.17) is 9.47 Å². The molecule has 0 N–H and O–H groups in total. The molecule has 0 spiro atoms. The Balaban J connectivity index is 2.79. The molecule has 0 radical (unpaired) electrons. The van der Waals surface area contributed by atoms with E-state index >= 15 is 0 Å². The molecule has 0 aliphatic carbocycles. The first-order valence-corrected chi connectivity index (χ1v) is 5.06. The van der Waals surface area contributed by atoms with Crippen LogP contribution in [0.5, 0.6) is 11.5 Å². The SMILES string of the molecule is COc1cc(C=O)ccc1OCC=C(C)C. The Bertz CT molecular complexity index is 390. The molecule has 3 heteroatoms. The lowest BCUT2D eigenvalue weighted by Gasteiger charge is -2.09. The van der Waals surface area contributed by atoms with E-state index in [1.165, 1.54) is 5.57 Å². The number of allylic oxidation sites excluding steroid dienone is 1. The zero-order chi connectivity index (χ0) is 12.0. The van der Waals surface area contributed by atoms with Gasteiger partial charge in [0.1, 0.15) is 12.9 Å². The average Bonchev–Trinajstić information content (AvgIpc) is 2.29. The summed E-state index contributed by atoms with van der Waals surface area (Å²) < 4.78 is 10.7. The summed E-state index contributed by atoms with van der Waals surface area (Å²) in [4.78, 5) is 10.6. The van der Waals surface area contributed by atoms with Crippen LogP contribution in [0.3, 0.4) is 0 Å². The van der Waals surface area contributed by atoms with Crippen LogP contribution in [-0.2, 0) is 0 Å². The summed E-state index contributed by atoms with van der Waals surface area (Å²) in [5, 5.41) is 0. The number of hydrogen-bond donors (Lipinski definition) is 0. The van der Waals surface area contributed by atoms with E-state index < -0.39 is 0 Å². The minimum absolute atomic E-state index is 0.499. The first-order chi connectivity index (χ1) is 7.67. The Labute approximate surface area is 95.7 Å². The van der Waals surface area contributed by atoms with Gasteiger partial charge in [-0.3, -0.25) is 4.79 Å². The van der Waals surface area contributed by atoms with E-state index in [0.717, 1.165) is 6.29 Å². The smallest absolute Gasteiger partial charge is 0.161 e. The standard InChI is InChI=1S/C13H16O3/c1-10(2)6-7-16-12-5-4-11(9-14)8-13(12)15-3/h4-6,8-9H,7H2,1-3H3. The van der Waals surface area contributed by atoms with E-state index in [1.54, 1.807) is 25.3 Å². The van der Waals surface area contributed by atoms with Gasteiger partial charge >= 0.3 is 0 Å². The zero-order valence-electron chi connectivity index (χ0n) is 9.82. The highest BCUT2D eigenvalue weighted by Gasteiger charge is 2.04. The maximum Gasteiger partial charge on any atom is 0.161 e. The number of benzene rings is 1. The Morgan fingerprint density at radius 3 is 2.62 bits per heavy atom. The molecule has 86 valence electrons. The monoisotopic (exact) mass is 220 g/mol. The number of hydrogen-bond acceptors (Lipinski definition) is 3. The Hall–Kier alpha value is -1.77. The van der Waals surface area contributed by atoms with Gasteiger partial charge in [-0.2, -0.15) is 0 Å². The molecule has 3 nitrogen and oxygen atoms in total. The average molecular weight is 220 g/mol. The molecule has 0 unspecified atom stereocenters. The van der Waals surface area contributed by atoms with Gasteiger partial charge in [0.05, 0.1) is 7.11 Å². The molecule has 16 heavy (non-hydrogen) atoms. The Morgan fingerprint density at radius 1 is 1.31 bits per heavy atom. The van der Waals surface area contributed by atoms with Crippen LogP contribution in [0.15, 0.2) is 29.8 Å². The van der Waals surface area contributed by atoms with Crippen molar-refractivity contribution in [1.82, 2.24) is 0 Å². The van der Waals surface area contributed by atoms with Crippen molar-refractivity contribution in [3.05, 3.63) is 35.4 Å². The lowest BCUT2D eigenvalue weighted by atomic mass is 10.2. The molecular formula is C13H16O3. The summed E-state index contributed by atoms with van der Waals surface area (Å²) in [5.41, 5.74) is 1.77. The second-order valence-corrected chi connectivity index (χ2v) is 3.62. The van der Waals surface area contributed by atoms with Crippen molar-refractivity contribution >= 4 is 6.29 Å². The number of carbonyl (C=O) groups is 1. The van der Waals surface area contributed by atoms with Crippen LogP contribution in [0.4, 0.5) is 0 Å². The highest BCUT2D eigenvalue weighted by atomic mass is 16.5. The number of rotatable bonds is 5. The van der Waals surface area contributed by atoms with Crippen molar-refractivity contribution in [3.63, 3.8) is 0 Å².